The molecule has 2 amide bonds. The van der Waals surface area contributed by atoms with Gasteiger partial charge in [0.25, 0.3) is 11.8 Å². The van der Waals surface area contributed by atoms with Crippen molar-refractivity contribution in [2.24, 2.45) is 0 Å². The highest BCUT2D eigenvalue weighted by Gasteiger charge is 2.46. The van der Waals surface area contributed by atoms with E-state index in [2.05, 4.69) is 10.3 Å². The van der Waals surface area contributed by atoms with Gasteiger partial charge in [-0.25, -0.2) is 13.6 Å². The molecule has 2 heterocycles. The third kappa shape index (κ3) is 4.12. The zero-order chi connectivity index (χ0) is 16.5. The molecule has 8 heteroatoms. The average Bonchev–Trinajstić information content (AvgIpc) is 2.32. The fourth-order valence-electron chi connectivity index (χ4n) is 1.86. The van der Waals surface area contributed by atoms with Gasteiger partial charge in [0.15, 0.2) is 0 Å². The summed E-state index contributed by atoms with van der Waals surface area (Å²) in [5.74, 6) is -3.43. The Morgan fingerprint density at radius 2 is 2.00 bits per heavy atom. The van der Waals surface area contributed by atoms with Crippen molar-refractivity contribution in [3.05, 3.63) is 24.0 Å². The molecule has 6 nitrogen and oxygen atoms in total. The Bertz CT molecular complexity index is 591. The third-order valence-corrected chi connectivity index (χ3v) is 2.76. The number of amides is 2. The molecule has 1 aliphatic rings. The van der Waals surface area contributed by atoms with Gasteiger partial charge in [-0.05, 0) is 32.9 Å². The van der Waals surface area contributed by atoms with Crippen LogP contribution in [-0.2, 0) is 4.74 Å². The van der Waals surface area contributed by atoms with Crippen LogP contribution in [0, 0.1) is 0 Å². The van der Waals surface area contributed by atoms with Crippen LogP contribution < -0.4 is 5.32 Å². The molecule has 1 N–H and O–H groups in total. The average molecular weight is 313 g/mol. The second kappa shape index (κ2) is 5.51. The summed E-state index contributed by atoms with van der Waals surface area (Å²) in [5, 5.41) is 2.46. The van der Waals surface area contributed by atoms with Crippen LogP contribution in [0.3, 0.4) is 0 Å². The summed E-state index contributed by atoms with van der Waals surface area (Å²) in [7, 11) is 0. The van der Waals surface area contributed by atoms with E-state index in [1.165, 1.54) is 18.3 Å². The third-order valence-electron chi connectivity index (χ3n) is 2.76. The highest BCUT2D eigenvalue weighted by atomic mass is 19.3. The molecule has 120 valence electrons. The Labute approximate surface area is 126 Å². The van der Waals surface area contributed by atoms with Gasteiger partial charge < -0.3 is 9.64 Å². The molecule has 1 aliphatic heterocycles. The number of rotatable bonds is 2. The first-order chi connectivity index (χ1) is 10.1. The van der Waals surface area contributed by atoms with E-state index in [1.807, 2.05) is 0 Å². The smallest absolute Gasteiger partial charge is 0.412 e. The van der Waals surface area contributed by atoms with Crippen LogP contribution in [0.5, 0.6) is 0 Å². The second-order valence-electron chi connectivity index (χ2n) is 6.07. The van der Waals surface area contributed by atoms with Gasteiger partial charge in [0.1, 0.15) is 11.3 Å². The van der Waals surface area contributed by atoms with Gasteiger partial charge in [0, 0.05) is 11.9 Å². The molecular weight excluding hydrogens is 296 g/mol. The highest BCUT2D eigenvalue weighted by molar-refractivity contribution is 5.95. The van der Waals surface area contributed by atoms with Crippen LogP contribution >= 0.6 is 0 Å². The van der Waals surface area contributed by atoms with Crippen molar-refractivity contribution in [3.8, 4) is 0 Å². The number of nitrogens with one attached hydrogen (secondary N) is 1. The Morgan fingerprint density at radius 1 is 1.36 bits per heavy atom. The Hall–Kier alpha value is -2.25. The van der Waals surface area contributed by atoms with E-state index < -0.39 is 36.6 Å². The van der Waals surface area contributed by atoms with E-state index in [1.54, 1.807) is 20.8 Å². The number of nitrogens with zero attached hydrogens (tertiary/aromatic N) is 2. The zero-order valence-electron chi connectivity index (χ0n) is 12.5. The minimum Gasteiger partial charge on any atom is -0.444 e. The van der Waals surface area contributed by atoms with Gasteiger partial charge in [0.2, 0.25) is 0 Å². The predicted octanol–water partition coefficient (Wildman–Crippen LogP) is 2.52. The highest BCUT2D eigenvalue weighted by Crippen LogP contribution is 2.28. The van der Waals surface area contributed by atoms with Gasteiger partial charge in [-0.15, -0.1) is 0 Å². The van der Waals surface area contributed by atoms with Gasteiger partial charge in [-0.2, -0.15) is 0 Å². The van der Waals surface area contributed by atoms with Crippen LogP contribution in [0.1, 0.15) is 31.3 Å². The molecule has 0 radical (unpaired) electrons. The molecule has 1 saturated heterocycles. The van der Waals surface area contributed by atoms with Gasteiger partial charge >= 0.3 is 6.09 Å². The summed E-state index contributed by atoms with van der Waals surface area (Å²) in [5.41, 5.74) is -0.358. The number of likely N-dealkylation sites (tertiary alicyclic amines) is 1. The standard InChI is InChI=1S/C14H17F2N3O3/c1-13(2,3)22-12(21)18-9-4-5-17-10(6-9)11(20)19-7-14(15,16)8-19/h4-6H,7-8H2,1-3H3,(H,17,18,21). The van der Waals surface area contributed by atoms with E-state index >= 15 is 0 Å². The van der Waals surface area contributed by atoms with Crippen molar-refractivity contribution in [3.63, 3.8) is 0 Å². The number of anilines is 1. The van der Waals surface area contributed by atoms with Crippen LogP contribution in [-0.4, -0.2) is 46.5 Å². The van der Waals surface area contributed by atoms with Crippen molar-refractivity contribution in [2.45, 2.75) is 32.3 Å². The molecule has 0 atom stereocenters. The second-order valence-corrected chi connectivity index (χ2v) is 6.07. The minimum absolute atomic E-state index is 0.0101. The van der Waals surface area contributed by atoms with Crippen molar-refractivity contribution in [2.75, 3.05) is 18.4 Å². The Morgan fingerprint density at radius 3 is 2.55 bits per heavy atom. The van der Waals surface area contributed by atoms with E-state index in [0.717, 1.165) is 4.90 Å². The van der Waals surface area contributed by atoms with Crippen molar-refractivity contribution < 1.29 is 23.1 Å². The normalized spacial score (nSPS) is 16.7. The molecule has 22 heavy (non-hydrogen) atoms. The van der Waals surface area contributed by atoms with Crippen molar-refractivity contribution in [1.29, 1.82) is 0 Å². The molecule has 1 fully saturated rings. The van der Waals surface area contributed by atoms with Crippen molar-refractivity contribution >= 4 is 17.7 Å². The van der Waals surface area contributed by atoms with Gasteiger partial charge in [-0.1, -0.05) is 0 Å². The number of aromatic nitrogens is 1. The number of carbonyl (C=O) groups excluding carboxylic acids is 2. The summed E-state index contributed by atoms with van der Waals surface area (Å²) in [6.45, 7) is 3.93. The lowest BCUT2D eigenvalue weighted by Crippen LogP contribution is -2.58. The zero-order valence-corrected chi connectivity index (χ0v) is 12.5. The van der Waals surface area contributed by atoms with E-state index in [4.69, 9.17) is 4.74 Å². The van der Waals surface area contributed by atoms with E-state index in [-0.39, 0.29) is 5.69 Å². The maximum atomic E-state index is 12.8. The number of carbonyl (C=O) groups is 2. The molecule has 0 bridgehead atoms. The molecule has 0 spiro atoms. The summed E-state index contributed by atoms with van der Waals surface area (Å²) in [6.07, 6.45) is 0.644. The summed E-state index contributed by atoms with van der Waals surface area (Å²) < 4.78 is 30.7. The number of alkyl halides is 2. The summed E-state index contributed by atoms with van der Waals surface area (Å²) in [4.78, 5) is 28.5. The fourth-order valence-corrected chi connectivity index (χ4v) is 1.86. The predicted molar refractivity (Wildman–Crippen MR) is 74.9 cm³/mol. The number of hydrogen-bond acceptors (Lipinski definition) is 4. The lowest BCUT2D eigenvalue weighted by atomic mass is 10.1. The van der Waals surface area contributed by atoms with E-state index in [0.29, 0.717) is 5.69 Å². The first-order valence-electron chi connectivity index (χ1n) is 6.69. The Kier molecular flexibility index (Phi) is 4.04. The monoisotopic (exact) mass is 313 g/mol. The first-order valence-corrected chi connectivity index (χ1v) is 6.69. The molecule has 0 unspecified atom stereocenters. The van der Waals surface area contributed by atoms with Gasteiger partial charge in [0.05, 0.1) is 13.1 Å². The fraction of sp³-hybridized carbons (Fsp3) is 0.500. The lowest BCUT2D eigenvalue weighted by Gasteiger charge is -2.38. The topological polar surface area (TPSA) is 71.5 Å². The van der Waals surface area contributed by atoms with Crippen molar-refractivity contribution in [1.82, 2.24) is 9.88 Å². The number of hydrogen-bond donors (Lipinski definition) is 1. The van der Waals surface area contributed by atoms with Gasteiger partial charge in [-0.3, -0.25) is 15.1 Å². The summed E-state index contributed by atoms with van der Waals surface area (Å²) >= 11 is 0. The molecular formula is C14H17F2N3O3. The molecule has 0 saturated carbocycles. The molecule has 0 aliphatic carbocycles. The quantitative estimate of drug-likeness (QED) is 0.910. The molecule has 1 aromatic rings. The van der Waals surface area contributed by atoms with Crippen LogP contribution in [0.25, 0.3) is 0 Å². The number of ether oxygens (including phenoxy) is 1. The maximum Gasteiger partial charge on any atom is 0.412 e. The molecule has 2 rings (SSSR count). The Balaban J connectivity index is 2.01. The molecule has 1 aromatic heterocycles. The number of pyridine rings is 1. The maximum absolute atomic E-state index is 12.8. The largest absolute Gasteiger partial charge is 0.444 e. The molecule has 0 aromatic carbocycles. The number of halogens is 2. The van der Waals surface area contributed by atoms with Crippen LogP contribution in [0.4, 0.5) is 19.3 Å². The lowest BCUT2D eigenvalue weighted by molar-refractivity contribution is -0.113. The summed E-state index contributed by atoms with van der Waals surface area (Å²) in [6, 6.07) is 2.80. The first kappa shape index (κ1) is 16.1. The van der Waals surface area contributed by atoms with Crippen LogP contribution in [0.15, 0.2) is 18.3 Å². The van der Waals surface area contributed by atoms with Crippen LogP contribution in [0.2, 0.25) is 0 Å². The SMILES string of the molecule is CC(C)(C)OC(=O)Nc1ccnc(C(=O)N2CC(F)(F)C2)c1. The minimum atomic E-state index is -2.83. The van der Waals surface area contributed by atoms with E-state index in [9.17, 15) is 18.4 Å².